The van der Waals surface area contributed by atoms with Crippen molar-refractivity contribution in [3.63, 3.8) is 0 Å². The molecule has 4 N–H and O–H groups in total. The van der Waals surface area contributed by atoms with Crippen molar-refractivity contribution in [1.82, 2.24) is 20.2 Å². The van der Waals surface area contributed by atoms with Gasteiger partial charge in [0.15, 0.2) is 0 Å². The Balaban J connectivity index is 0.00000210. The zero-order chi connectivity index (χ0) is 19.1. The third-order valence-electron chi connectivity index (χ3n) is 4.48. The van der Waals surface area contributed by atoms with Crippen molar-refractivity contribution in [2.45, 2.75) is 50.7 Å². The SMILES string of the molecule is Cl.Cl.N[C@@H](Cc1cn(Cc2ccccc2)cn1)C(=O)NCCCC(=O)NC1CC1. The lowest BCUT2D eigenvalue weighted by Crippen LogP contribution is -2.42. The van der Waals surface area contributed by atoms with E-state index in [1.807, 2.05) is 29.0 Å². The lowest BCUT2D eigenvalue weighted by molar-refractivity contribution is -0.123. The van der Waals surface area contributed by atoms with Gasteiger partial charge in [-0.15, -0.1) is 24.8 Å². The summed E-state index contributed by atoms with van der Waals surface area (Å²) in [5.74, 6) is -0.157. The van der Waals surface area contributed by atoms with Gasteiger partial charge >= 0.3 is 0 Å². The van der Waals surface area contributed by atoms with Gasteiger partial charge in [0.2, 0.25) is 11.8 Å². The molecule has 0 bridgehead atoms. The van der Waals surface area contributed by atoms with Crippen LogP contribution in [0, 0.1) is 0 Å². The Hall–Kier alpha value is -2.09. The first-order valence-corrected chi connectivity index (χ1v) is 9.47. The van der Waals surface area contributed by atoms with Gasteiger partial charge in [0.25, 0.3) is 0 Å². The van der Waals surface area contributed by atoms with E-state index in [9.17, 15) is 9.59 Å². The Morgan fingerprint density at radius 1 is 1.21 bits per heavy atom. The molecule has 160 valence electrons. The van der Waals surface area contributed by atoms with Crippen molar-refractivity contribution in [2.75, 3.05) is 6.54 Å². The van der Waals surface area contributed by atoms with Gasteiger partial charge in [-0.05, 0) is 24.8 Å². The van der Waals surface area contributed by atoms with Gasteiger partial charge in [0.05, 0.1) is 18.1 Å². The maximum atomic E-state index is 12.1. The highest BCUT2D eigenvalue weighted by atomic mass is 35.5. The number of imidazole rings is 1. The first-order chi connectivity index (χ1) is 13.1. The van der Waals surface area contributed by atoms with Crippen LogP contribution in [0.25, 0.3) is 0 Å². The van der Waals surface area contributed by atoms with Crippen LogP contribution in [0.5, 0.6) is 0 Å². The molecule has 1 aliphatic carbocycles. The van der Waals surface area contributed by atoms with Crippen LogP contribution in [0.15, 0.2) is 42.9 Å². The molecular formula is C20H29Cl2N5O2. The monoisotopic (exact) mass is 441 g/mol. The molecule has 0 unspecified atom stereocenters. The van der Waals surface area contributed by atoms with Gasteiger partial charge in [0.1, 0.15) is 0 Å². The zero-order valence-electron chi connectivity index (χ0n) is 16.3. The Morgan fingerprint density at radius 3 is 2.62 bits per heavy atom. The first-order valence-electron chi connectivity index (χ1n) is 9.47. The smallest absolute Gasteiger partial charge is 0.237 e. The van der Waals surface area contributed by atoms with Gasteiger partial charge in [-0.2, -0.15) is 0 Å². The summed E-state index contributed by atoms with van der Waals surface area (Å²) in [6.07, 6.45) is 7.26. The topological polar surface area (TPSA) is 102 Å². The van der Waals surface area contributed by atoms with E-state index in [1.54, 1.807) is 6.33 Å². The lowest BCUT2D eigenvalue weighted by Gasteiger charge is -2.11. The summed E-state index contributed by atoms with van der Waals surface area (Å²) < 4.78 is 1.98. The highest BCUT2D eigenvalue weighted by Crippen LogP contribution is 2.18. The zero-order valence-corrected chi connectivity index (χ0v) is 17.9. The number of hydrogen-bond donors (Lipinski definition) is 3. The Kier molecular flexibility index (Phi) is 10.7. The summed E-state index contributed by atoms with van der Waals surface area (Å²) in [5.41, 5.74) is 7.97. The van der Waals surface area contributed by atoms with Crippen LogP contribution in [-0.4, -0.2) is 40.0 Å². The number of carbonyl (C=O) groups is 2. The normalized spacial score (nSPS) is 13.6. The number of nitrogens with zero attached hydrogens (tertiary/aromatic N) is 2. The van der Waals surface area contributed by atoms with E-state index in [2.05, 4.69) is 27.8 Å². The van der Waals surface area contributed by atoms with Crippen molar-refractivity contribution in [3.05, 3.63) is 54.1 Å². The van der Waals surface area contributed by atoms with Crippen molar-refractivity contribution in [3.8, 4) is 0 Å². The van der Waals surface area contributed by atoms with Crippen LogP contribution in [0.4, 0.5) is 0 Å². The average molecular weight is 442 g/mol. The largest absolute Gasteiger partial charge is 0.355 e. The third kappa shape index (κ3) is 8.85. The molecule has 3 rings (SSSR count). The van der Waals surface area contributed by atoms with E-state index in [0.29, 0.717) is 31.8 Å². The molecule has 1 atom stereocenters. The lowest BCUT2D eigenvalue weighted by atomic mass is 10.1. The molecule has 0 aliphatic heterocycles. The van der Waals surface area contributed by atoms with Crippen LogP contribution in [0.2, 0.25) is 0 Å². The second-order valence-corrected chi connectivity index (χ2v) is 7.07. The molecular weight excluding hydrogens is 413 g/mol. The van der Waals surface area contributed by atoms with E-state index in [-0.39, 0.29) is 36.6 Å². The van der Waals surface area contributed by atoms with Crippen molar-refractivity contribution < 1.29 is 9.59 Å². The number of nitrogens with one attached hydrogen (secondary N) is 2. The summed E-state index contributed by atoms with van der Waals surface area (Å²) in [6.45, 7) is 1.19. The minimum atomic E-state index is -0.648. The highest BCUT2D eigenvalue weighted by molar-refractivity contribution is 5.85. The van der Waals surface area contributed by atoms with Crippen LogP contribution in [0.3, 0.4) is 0 Å². The number of nitrogens with two attached hydrogens (primary N) is 1. The fourth-order valence-electron chi connectivity index (χ4n) is 2.83. The summed E-state index contributed by atoms with van der Waals surface area (Å²) in [6, 6.07) is 9.84. The Bertz CT molecular complexity index is 765. The molecule has 1 aromatic heterocycles. The summed E-state index contributed by atoms with van der Waals surface area (Å²) in [4.78, 5) is 28.0. The van der Waals surface area contributed by atoms with Gasteiger partial charge in [-0.25, -0.2) is 4.98 Å². The van der Waals surface area contributed by atoms with Gasteiger partial charge in [-0.3, -0.25) is 9.59 Å². The van der Waals surface area contributed by atoms with E-state index < -0.39 is 6.04 Å². The third-order valence-corrected chi connectivity index (χ3v) is 4.48. The van der Waals surface area contributed by atoms with Crippen molar-refractivity contribution in [2.24, 2.45) is 5.73 Å². The number of benzene rings is 1. The molecule has 1 saturated carbocycles. The maximum Gasteiger partial charge on any atom is 0.237 e. The molecule has 7 nitrogen and oxygen atoms in total. The molecule has 0 saturated heterocycles. The summed E-state index contributed by atoms with van der Waals surface area (Å²) >= 11 is 0. The van der Waals surface area contributed by atoms with Gasteiger partial charge in [0, 0.05) is 38.2 Å². The molecule has 1 fully saturated rings. The highest BCUT2D eigenvalue weighted by Gasteiger charge is 2.22. The predicted octanol–water partition coefficient (Wildman–Crippen LogP) is 1.82. The molecule has 0 spiro atoms. The van der Waals surface area contributed by atoms with Gasteiger partial charge in [-0.1, -0.05) is 30.3 Å². The van der Waals surface area contributed by atoms with Crippen LogP contribution >= 0.6 is 24.8 Å². The fraction of sp³-hybridized carbons (Fsp3) is 0.450. The number of rotatable bonds is 10. The fourth-order valence-corrected chi connectivity index (χ4v) is 2.83. The molecule has 29 heavy (non-hydrogen) atoms. The minimum Gasteiger partial charge on any atom is -0.355 e. The minimum absolute atomic E-state index is 0. The maximum absolute atomic E-state index is 12.1. The number of aromatic nitrogens is 2. The van der Waals surface area contributed by atoms with E-state index in [1.165, 1.54) is 5.56 Å². The average Bonchev–Trinajstić information content (AvgIpc) is 3.37. The number of halogens is 2. The number of carbonyl (C=O) groups excluding carboxylic acids is 2. The molecule has 1 aromatic carbocycles. The molecule has 1 aliphatic rings. The second kappa shape index (κ2) is 12.5. The molecule has 1 heterocycles. The van der Waals surface area contributed by atoms with Gasteiger partial charge < -0.3 is 20.9 Å². The second-order valence-electron chi connectivity index (χ2n) is 7.07. The first kappa shape index (κ1) is 24.9. The molecule has 2 aromatic rings. The van der Waals surface area contributed by atoms with E-state index in [4.69, 9.17) is 5.73 Å². The van der Waals surface area contributed by atoms with Crippen LogP contribution < -0.4 is 16.4 Å². The van der Waals surface area contributed by atoms with E-state index in [0.717, 1.165) is 25.1 Å². The molecule has 2 amide bonds. The number of amides is 2. The number of hydrogen-bond acceptors (Lipinski definition) is 4. The van der Waals surface area contributed by atoms with Crippen LogP contribution in [-0.2, 0) is 22.6 Å². The summed E-state index contributed by atoms with van der Waals surface area (Å²) in [7, 11) is 0. The molecule has 0 radical (unpaired) electrons. The summed E-state index contributed by atoms with van der Waals surface area (Å²) in [5, 5.41) is 5.73. The quantitative estimate of drug-likeness (QED) is 0.489. The van der Waals surface area contributed by atoms with Crippen LogP contribution in [0.1, 0.15) is 36.9 Å². The van der Waals surface area contributed by atoms with Crippen molar-refractivity contribution in [1.29, 1.82) is 0 Å². The Labute approximate surface area is 183 Å². The Morgan fingerprint density at radius 2 is 1.93 bits per heavy atom. The standard InChI is InChI=1S/C20H27N5O2.2ClH/c21-18(20(27)22-10-4-7-19(26)24-16-8-9-16)11-17-13-25(14-23-17)12-15-5-2-1-3-6-15;;/h1-3,5-6,13-14,16,18H,4,7-12,21H2,(H,22,27)(H,24,26);2*1H/t18-;;/m0../s1. The van der Waals surface area contributed by atoms with Crippen molar-refractivity contribution >= 4 is 36.6 Å². The predicted molar refractivity (Wildman–Crippen MR) is 117 cm³/mol. The molecule has 9 heteroatoms. The van der Waals surface area contributed by atoms with E-state index >= 15 is 0 Å².